The van der Waals surface area contributed by atoms with Gasteiger partial charge in [-0.05, 0) is 24.7 Å². The van der Waals surface area contributed by atoms with Crippen LogP contribution in [-0.4, -0.2) is 33.6 Å². The Morgan fingerprint density at radius 3 is 3.12 bits per heavy atom. The molecule has 2 N–H and O–H groups in total. The molecule has 0 bridgehead atoms. The summed E-state index contributed by atoms with van der Waals surface area (Å²) in [6, 6.07) is 1.85. The third kappa shape index (κ3) is 3.26. The Balaban J connectivity index is 2.10. The molecule has 0 aromatic carbocycles. The molecule has 6 heteroatoms. The molecule has 1 unspecified atom stereocenters. The van der Waals surface area contributed by atoms with E-state index >= 15 is 0 Å². The van der Waals surface area contributed by atoms with Gasteiger partial charge in [-0.15, -0.1) is 0 Å². The first-order chi connectivity index (χ1) is 8.16. The molecule has 2 rings (SSSR count). The van der Waals surface area contributed by atoms with Crippen molar-refractivity contribution in [3.63, 3.8) is 0 Å². The van der Waals surface area contributed by atoms with E-state index in [1.807, 2.05) is 11.8 Å². The van der Waals surface area contributed by atoms with E-state index in [9.17, 15) is 4.79 Å². The molecule has 0 spiro atoms. The molecule has 2 heterocycles. The second-order valence-corrected chi connectivity index (χ2v) is 5.47. The normalized spacial score (nSPS) is 19.9. The predicted molar refractivity (Wildman–Crippen MR) is 70.2 cm³/mol. The van der Waals surface area contributed by atoms with Crippen LogP contribution in [0.15, 0.2) is 12.3 Å². The van der Waals surface area contributed by atoms with Crippen molar-refractivity contribution in [2.24, 2.45) is 0 Å². The molecule has 1 aromatic heterocycles. The van der Waals surface area contributed by atoms with Gasteiger partial charge in [0.1, 0.15) is 5.82 Å². The van der Waals surface area contributed by atoms with Gasteiger partial charge in [-0.1, -0.05) is 11.6 Å². The van der Waals surface area contributed by atoms with E-state index in [-0.39, 0.29) is 10.6 Å². The predicted octanol–water partition coefficient (Wildman–Crippen LogP) is 2.74. The summed E-state index contributed by atoms with van der Waals surface area (Å²) in [6.07, 6.45) is 3.66. The quantitative estimate of drug-likeness (QED) is 0.886. The van der Waals surface area contributed by atoms with E-state index in [0.29, 0.717) is 11.9 Å². The summed E-state index contributed by atoms with van der Waals surface area (Å²) in [5, 5.41) is 12.4. The molecule has 1 aliphatic heterocycles. The molecule has 0 amide bonds. The van der Waals surface area contributed by atoms with Gasteiger partial charge >= 0.3 is 5.97 Å². The summed E-state index contributed by atoms with van der Waals surface area (Å²) in [5.74, 6) is 1.79. The number of halogens is 1. The second-order valence-electron chi connectivity index (χ2n) is 3.91. The first-order valence-electron chi connectivity index (χ1n) is 5.40. The van der Waals surface area contributed by atoms with Gasteiger partial charge in [0.2, 0.25) is 0 Å². The lowest BCUT2D eigenvalue weighted by atomic mass is 10.2. The summed E-state index contributed by atoms with van der Waals surface area (Å²) in [7, 11) is 0. The molecule has 1 fully saturated rings. The number of carboxylic acids is 1. The van der Waals surface area contributed by atoms with Gasteiger partial charge in [-0.25, -0.2) is 9.78 Å². The molecule has 17 heavy (non-hydrogen) atoms. The Bertz CT molecular complexity index is 422. The molecule has 0 aliphatic carbocycles. The fourth-order valence-electron chi connectivity index (χ4n) is 1.75. The zero-order chi connectivity index (χ0) is 12.3. The van der Waals surface area contributed by atoms with Gasteiger partial charge in [0.15, 0.2) is 0 Å². The highest BCUT2D eigenvalue weighted by molar-refractivity contribution is 7.99. The lowest BCUT2D eigenvalue weighted by Crippen LogP contribution is -2.26. The third-order valence-corrected chi connectivity index (χ3v) is 4.11. The van der Waals surface area contributed by atoms with E-state index in [1.54, 1.807) is 0 Å². The molecular formula is C11H13ClN2O2S. The van der Waals surface area contributed by atoms with Crippen molar-refractivity contribution < 1.29 is 9.90 Å². The van der Waals surface area contributed by atoms with Crippen LogP contribution in [0.2, 0.25) is 5.02 Å². The minimum atomic E-state index is -1.03. The summed E-state index contributed by atoms with van der Waals surface area (Å²) in [5.41, 5.74) is 0.0904. The SMILES string of the molecule is O=C(O)c1cc(NC2CCCSC2)ncc1Cl. The van der Waals surface area contributed by atoms with Gasteiger partial charge in [0, 0.05) is 18.0 Å². The molecule has 0 saturated carbocycles. The maximum absolute atomic E-state index is 10.9. The Labute approximate surface area is 109 Å². The van der Waals surface area contributed by atoms with Gasteiger partial charge in [-0.2, -0.15) is 11.8 Å². The molecule has 1 aliphatic rings. The number of nitrogens with zero attached hydrogens (tertiary/aromatic N) is 1. The maximum atomic E-state index is 10.9. The summed E-state index contributed by atoms with van der Waals surface area (Å²) >= 11 is 7.66. The van der Waals surface area contributed by atoms with Crippen LogP contribution in [-0.2, 0) is 0 Å². The minimum Gasteiger partial charge on any atom is -0.478 e. The van der Waals surface area contributed by atoms with E-state index < -0.39 is 5.97 Å². The Morgan fingerprint density at radius 2 is 2.47 bits per heavy atom. The van der Waals surface area contributed by atoms with E-state index in [4.69, 9.17) is 16.7 Å². The van der Waals surface area contributed by atoms with E-state index in [2.05, 4.69) is 10.3 Å². The van der Waals surface area contributed by atoms with E-state index in [1.165, 1.54) is 24.4 Å². The minimum absolute atomic E-state index is 0.0904. The van der Waals surface area contributed by atoms with Crippen LogP contribution in [0.5, 0.6) is 0 Å². The number of carbonyl (C=O) groups is 1. The molecule has 0 radical (unpaired) electrons. The standard InChI is InChI=1S/C11H13ClN2O2S/c12-9-5-13-10(4-8(9)11(15)16)14-7-2-1-3-17-6-7/h4-5,7H,1-3,6H2,(H,13,14)(H,15,16). The number of pyridine rings is 1. The Hall–Kier alpha value is -0.940. The fourth-order valence-corrected chi connectivity index (χ4v) is 3.00. The number of aromatic carboxylic acids is 1. The number of rotatable bonds is 3. The zero-order valence-electron chi connectivity index (χ0n) is 9.15. The van der Waals surface area contributed by atoms with Crippen molar-refractivity contribution in [1.29, 1.82) is 0 Å². The smallest absolute Gasteiger partial charge is 0.337 e. The molecular weight excluding hydrogens is 260 g/mol. The number of hydrogen-bond acceptors (Lipinski definition) is 4. The van der Waals surface area contributed by atoms with Crippen molar-refractivity contribution in [3.05, 3.63) is 22.8 Å². The summed E-state index contributed by atoms with van der Waals surface area (Å²) < 4.78 is 0. The number of thioether (sulfide) groups is 1. The number of anilines is 1. The van der Waals surface area contributed by atoms with Crippen LogP contribution < -0.4 is 5.32 Å². The van der Waals surface area contributed by atoms with Crippen LogP contribution in [0.1, 0.15) is 23.2 Å². The Morgan fingerprint density at radius 1 is 1.65 bits per heavy atom. The first-order valence-corrected chi connectivity index (χ1v) is 6.93. The van der Waals surface area contributed by atoms with Gasteiger partial charge in [0.05, 0.1) is 10.6 Å². The molecule has 1 aromatic rings. The van der Waals surface area contributed by atoms with Crippen LogP contribution >= 0.6 is 23.4 Å². The zero-order valence-corrected chi connectivity index (χ0v) is 10.7. The first kappa shape index (κ1) is 12.5. The lowest BCUT2D eigenvalue weighted by molar-refractivity contribution is 0.0697. The number of hydrogen-bond donors (Lipinski definition) is 2. The summed E-state index contributed by atoms with van der Waals surface area (Å²) in [4.78, 5) is 15.0. The van der Waals surface area contributed by atoms with Crippen LogP contribution in [0.4, 0.5) is 5.82 Å². The Kier molecular flexibility index (Phi) is 4.12. The average molecular weight is 273 g/mol. The monoisotopic (exact) mass is 272 g/mol. The van der Waals surface area contributed by atoms with Crippen molar-refractivity contribution in [2.75, 3.05) is 16.8 Å². The van der Waals surface area contributed by atoms with Gasteiger partial charge in [-0.3, -0.25) is 0 Å². The largest absolute Gasteiger partial charge is 0.478 e. The van der Waals surface area contributed by atoms with Crippen molar-refractivity contribution in [1.82, 2.24) is 4.98 Å². The average Bonchev–Trinajstić information content (AvgIpc) is 2.32. The topological polar surface area (TPSA) is 62.2 Å². The van der Waals surface area contributed by atoms with E-state index in [0.717, 1.165) is 12.2 Å². The second kappa shape index (κ2) is 5.60. The number of aromatic nitrogens is 1. The molecule has 92 valence electrons. The van der Waals surface area contributed by atoms with Crippen molar-refractivity contribution >= 4 is 35.1 Å². The maximum Gasteiger partial charge on any atom is 0.337 e. The molecule has 1 atom stereocenters. The third-order valence-electron chi connectivity index (χ3n) is 2.60. The highest BCUT2D eigenvalue weighted by atomic mass is 35.5. The van der Waals surface area contributed by atoms with Crippen molar-refractivity contribution in [2.45, 2.75) is 18.9 Å². The highest BCUT2D eigenvalue weighted by Gasteiger charge is 2.16. The number of carboxylic acid groups (broad SMARTS) is 1. The fraction of sp³-hybridized carbons (Fsp3) is 0.455. The van der Waals surface area contributed by atoms with Crippen LogP contribution in [0.25, 0.3) is 0 Å². The lowest BCUT2D eigenvalue weighted by Gasteiger charge is -2.23. The number of nitrogens with one attached hydrogen (secondary N) is 1. The molecule has 1 saturated heterocycles. The highest BCUT2D eigenvalue weighted by Crippen LogP contribution is 2.22. The van der Waals surface area contributed by atoms with Crippen LogP contribution in [0.3, 0.4) is 0 Å². The van der Waals surface area contributed by atoms with Crippen molar-refractivity contribution in [3.8, 4) is 0 Å². The van der Waals surface area contributed by atoms with Gasteiger partial charge in [0.25, 0.3) is 0 Å². The van der Waals surface area contributed by atoms with Gasteiger partial charge < -0.3 is 10.4 Å². The van der Waals surface area contributed by atoms with Crippen LogP contribution in [0, 0.1) is 0 Å². The molecule has 4 nitrogen and oxygen atoms in total. The summed E-state index contributed by atoms with van der Waals surface area (Å²) in [6.45, 7) is 0.